The minimum atomic E-state index is 0.933. The van der Waals surface area contributed by atoms with E-state index in [2.05, 4.69) is 37.5 Å². The molecule has 2 heterocycles. The number of hydrogen-bond acceptors (Lipinski definition) is 1. The van der Waals surface area contributed by atoms with Crippen LogP contribution in [0.1, 0.15) is 0 Å². The highest BCUT2D eigenvalue weighted by Gasteiger charge is 2.04. The largest absolute Gasteiger partial charge is 0.324 e. The number of H-pyrrole nitrogens is 2. The molecular formula is C6H5IN3+. The molecule has 0 spiro atoms. The summed E-state index contributed by atoms with van der Waals surface area (Å²) in [4.78, 5) is 10.1. The molecular weight excluding hydrogens is 241 g/mol. The molecule has 0 bridgehead atoms. The van der Waals surface area contributed by atoms with E-state index < -0.39 is 0 Å². The molecule has 0 unspecified atom stereocenters. The average Bonchev–Trinajstić information content (AvgIpc) is 2.34. The first kappa shape index (κ1) is 6.09. The van der Waals surface area contributed by atoms with Crippen molar-refractivity contribution in [1.82, 2.24) is 9.97 Å². The zero-order chi connectivity index (χ0) is 6.97. The van der Waals surface area contributed by atoms with Gasteiger partial charge in [-0.3, -0.25) is 0 Å². The monoisotopic (exact) mass is 246 g/mol. The Morgan fingerprint density at radius 1 is 1.60 bits per heavy atom. The first-order valence-electron chi connectivity index (χ1n) is 2.86. The summed E-state index contributed by atoms with van der Waals surface area (Å²) >= 11 is 2.26. The Morgan fingerprint density at radius 2 is 2.50 bits per heavy atom. The fraction of sp³-hybridized carbons (Fsp3) is 0. The molecule has 0 saturated heterocycles. The lowest BCUT2D eigenvalue weighted by molar-refractivity contribution is -0.380. The van der Waals surface area contributed by atoms with Crippen molar-refractivity contribution in [1.29, 1.82) is 0 Å². The number of aromatic nitrogens is 3. The molecule has 0 aliphatic carbocycles. The maximum atomic E-state index is 4.09. The number of fused-ring (bicyclic) bond motifs is 1. The van der Waals surface area contributed by atoms with E-state index >= 15 is 0 Å². The molecule has 2 aromatic heterocycles. The van der Waals surface area contributed by atoms with Gasteiger partial charge in [0.1, 0.15) is 6.20 Å². The molecule has 50 valence electrons. The average molecular weight is 246 g/mol. The van der Waals surface area contributed by atoms with Gasteiger partial charge in [-0.25, -0.2) is 4.98 Å². The second kappa shape index (κ2) is 2.19. The molecule has 2 rings (SSSR count). The molecule has 0 aromatic carbocycles. The highest BCUT2D eigenvalue weighted by atomic mass is 127. The predicted molar refractivity (Wildman–Crippen MR) is 45.4 cm³/mol. The molecule has 2 aromatic rings. The Morgan fingerprint density at radius 3 is 3.30 bits per heavy atom. The van der Waals surface area contributed by atoms with Crippen molar-refractivity contribution < 1.29 is 4.98 Å². The second-order valence-corrected chi connectivity index (χ2v) is 3.13. The Kier molecular flexibility index (Phi) is 1.33. The van der Waals surface area contributed by atoms with Gasteiger partial charge in [-0.15, -0.1) is 0 Å². The first-order chi connectivity index (χ1) is 4.88. The molecule has 0 saturated carbocycles. The quantitative estimate of drug-likeness (QED) is 0.692. The van der Waals surface area contributed by atoms with Gasteiger partial charge in [0.05, 0.1) is 5.39 Å². The molecule has 0 aliphatic rings. The number of rotatable bonds is 0. The SMILES string of the molecule is Ic1c[nH]c2nc[nH+]cc12. The lowest BCUT2D eigenvalue weighted by Crippen LogP contribution is -1.99. The van der Waals surface area contributed by atoms with Gasteiger partial charge < -0.3 is 4.98 Å². The normalized spacial score (nSPS) is 10.5. The van der Waals surface area contributed by atoms with E-state index in [0.29, 0.717) is 0 Å². The standard InChI is InChI=1S/C6H4IN3/c7-5-2-9-6-4(5)1-8-3-10-6/h1-3H,(H,8,9,10)/p+1. The molecule has 0 amide bonds. The molecule has 2 N–H and O–H groups in total. The number of halogens is 1. The highest BCUT2D eigenvalue weighted by Crippen LogP contribution is 2.14. The second-order valence-electron chi connectivity index (χ2n) is 1.97. The topological polar surface area (TPSA) is 42.8 Å². The van der Waals surface area contributed by atoms with E-state index in [4.69, 9.17) is 0 Å². The van der Waals surface area contributed by atoms with Gasteiger partial charge in [0, 0.05) is 9.77 Å². The molecule has 0 aliphatic heterocycles. The van der Waals surface area contributed by atoms with Crippen LogP contribution >= 0.6 is 22.6 Å². The molecule has 10 heavy (non-hydrogen) atoms. The van der Waals surface area contributed by atoms with Crippen molar-refractivity contribution in [3.8, 4) is 0 Å². The van der Waals surface area contributed by atoms with Crippen molar-refractivity contribution >= 4 is 33.6 Å². The summed E-state index contributed by atoms with van der Waals surface area (Å²) in [6, 6.07) is 0. The van der Waals surface area contributed by atoms with Crippen LogP contribution in [0.5, 0.6) is 0 Å². The lowest BCUT2D eigenvalue weighted by Gasteiger charge is -1.77. The fourth-order valence-corrected chi connectivity index (χ4v) is 1.43. The smallest absolute Gasteiger partial charge is 0.286 e. The zero-order valence-electron chi connectivity index (χ0n) is 5.06. The predicted octanol–water partition coefficient (Wildman–Crippen LogP) is 0.982. The van der Waals surface area contributed by atoms with Gasteiger partial charge in [-0.2, -0.15) is 0 Å². The van der Waals surface area contributed by atoms with E-state index in [1.165, 1.54) is 3.57 Å². The minimum Gasteiger partial charge on any atom is -0.324 e. The van der Waals surface area contributed by atoms with Crippen LogP contribution in [0.2, 0.25) is 0 Å². The van der Waals surface area contributed by atoms with Gasteiger partial charge >= 0.3 is 0 Å². The van der Waals surface area contributed by atoms with Gasteiger partial charge in [-0.05, 0) is 27.6 Å². The van der Waals surface area contributed by atoms with Crippen molar-refractivity contribution in [2.24, 2.45) is 0 Å². The van der Waals surface area contributed by atoms with Gasteiger partial charge in [-0.1, -0.05) is 0 Å². The van der Waals surface area contributed by atoms with Crippen LogP contribution in [0, 0.1) is 3.57 Å². The number of aromatic amines is 2. The zero-order valence-corrected chi connectivity index (χ0v) is 7.21. The molecule has 0 fully saturated rings. The van der Waals surface area contributed by atoms with Crippen LogP contribution < -0.4 is 4.98 Å². The summed E-state index contributed by atoms with van der Waals surface area (Å²) in [6.45, 7) is 0. The fourth-order valence-electron chi connectivity index (χ4n) is 0.867. The van der Waals surface area contributed by atoms with Crippen LogP contribution in [-0.2, 0) is 0 Å². The van der Waals surface area contributed by atoms with E-state index in [1.807, 2.05) is 12.4 Å². The summed E-state index contributed by atoms with van der Waals surface area (Å²) in [7, 11) is 0. The van der Waals surface area contributed by atoms with E-state index in [1.54, 1.807) is 6.33 Å². The maximum Gasteiger partial charge on any atom is 0.286 e. The van der Waals surface area contributed by atoms with Crippen molar-refractivity contribution in [3.63, 3.8) is 0 Å². The first-order valence-corrected chi connectivity index (χ1v) is 3.94. The molecule has 3 nitrogen and oxygen atoms in total. The van der Waals surface area contributed by atoms with E-state index in [0.717, 1.165) is 11.0 Å². The maximum absolute atomic E-state index is 4.09. The third-order valence-electron chi connectivity index (χ3n) is 1.34. The molecule has 0 atom stereocenters. The van der Waals surface area contributed by atoms with Crippen molar-refractivity contribution in [2.45, 2.75) is 0 Å². The summed E-state index contributed by atoms with van der Waals surface area (Å²) < 4.78 is 1.19. The van der Waals surface area contributed by atoms with Crippen LogP contribution in [0.25, 0.3) is 11.0 Å². The van der Waals surface area contributed by atoms with Gasteiger partial charge in [0.2, 0.25) is 0 Å². The number of nitrogens with one attached hydrogen (secondary N) is 2. The molecule has 0 radical (unpaired) electrons. The summed E-state index contributed by atoms with van der Waals surface area (Å²) in [5, 5.41) is 1.14. The van der Waals surface area contributed by atoms with E-state index in [9.17, 15) is 0 Å². The molecule has 4 heteroatoms. The summed E-state index contributed by atoms with van der Waals surface area (Å²) in [6.07, 6.45) is 5.53. The van der Waals surface area contributed by atoms with Gasteiger partial charge in [0.15, 0.2) is 0 Å². The highest BCUT2D eigenvalue weighted by molar-refractivity contribution is 14.1. The van der Waals surface area contributed by atoms with Gasteiger partial charge in [0.25, 0.3) is 12.0 Å². The van der Waals surface area contributed by atoms with Crippen molar-refractivity contribution in [2.75, 3.05) is 0 Å². The van der Waals surface area contributed by atoms with Crippen LogP contribution in [0.4, 0.5) is 0 Å². The van der Waals surface area contributed by atoms with Crippen LogP contribution in [0.3, 0.4) is 0 Å². The summed E-state index contributed by atoms with van der Waals surface area (Å²) in [5.41, 5.74) is 0.933. The Balaban J connectivity index is 2.93. The van der Waals surface area contributed by atoms with Crippen LogP contribution in [-0.4, -0.2) is 9.97 Å². The third-order valence-corrected chi connectivity index (χ3v) is 2.24. The Labute approximate surface area is 71.0 Å². The van der Waals surface area contributed by atoms with Crippen LogP contribution in [0.15, 0.2) is 18.7 Å². The third kappa shape index (κ3) is 0.792. The number of nitrogens with zero attached hydrogens (tertiary/aromatic N) is 1. The Hall–Kier alpha value is -0.650. The Bertz CT molecular complexity index is 355. The summed E-state index contributed by atoms with van der Waals surface area (Å²) in [5.74, 6) is 0. The minimum absolute atomic E-state index is 0.933. The van der Waals surface area contributed by atoms with E-state index in [-0.39, 0.29) is 0 Å². The lowest BCUT2D eigenvalue weighted by atomic mass is 10.4. The van der Waals surface area contributed by atoms with Crippen molar-refractivity contribution in [3.05, 3.63) is 22.3 Å². The number of hydrogen-bond donors (Lipinski definition) is 1.